The van der Waals surface area contributed by atoms with Gasteiger partial charge in [0.1, 0.15) is 0 Å². The van der Waals surface area contributed by atoms with Gasteiger partial charge in [-0.15, -0.1) is 0 Å². The molecule has 0 unspecified atom stereocenters. The minimum atomic E-state index is 0.503. The van der Waals surface area contributed by atoms with E-state index < -0.39 is 0 Å². The van der Waals surface area contributed by atoms with E-state index in [4.69, 9.17) is 4.74 Å². The van der Waals surface area contributed by atoms with Crippen molar-refractivity contribution in [3.05, 3.63) is 29.8 Å². The van der Waals surface area contributed by atoms with E-state index in [0.29, 0.717) is 6.10 Å². The number of hydrogen-bond acceptors (Lipinski definition) is 2. The van der Waals surface area contributed by atoms with Gasteiger partial charge in [0.2, 0.25) is 0 Å². The normalized spacial score (nSPS) is 16.9. The molecule has 0 radical (unpaired) electrons. The van der Waals surface area contributed by atoms with E-state index in [2.05, 4.69) is 29.6 Å². The fourth-order valence-corrected chi connectivity index (χ4v) is 2.09. The molecule has 0 bridgehead atoms. The molecule has 2 nitrogen and oxygen atoms in total. The molecule has 2 heteroatoms. The quantitative estimate of drug-likeness (QED) is 0.815. The molecule has 1 aliphatic carbocycles. The van der Waals surface area contributed by atoms with Crippen molar-refractivity contribution in [2.24, 2.45) is 0 Å². The van der Waals surface area contributed by atoms with Crippen LogP contribution in [0.1, 0.15) is 31.2 Å². The van der Waals surface area contributed by atoms with Crippen molar-refractivity contribution in [1.29, 1.82) is 0 Å². The van der Waals surface area contributed by atoms with Crippen LogP contribution in [0.25, 0.3) is 0 Å². The molecule has 0 atom stereocenters. The smallest absolute Gasteiger partial charge is 0.0721 e. The van der Waals surface area contributed by atoms with Crippen LogP contribution in [0.3, 0.4) is 0 Å². The average Bonchev–Trinajstić information content (AvgIpc) is 2.79. The van der Waals surface area contributed by atoms with Gasteiger partial charge >= 0.3 is 0 Å². The molecule has 15 heavy (non-hydrogen) atoms. The zero-order valence-corrected chi connectivity index (χ0v) is 9.33. The molecule has 0 aliphatic heterocycles. The van der Waals surface area contributed by atoms with Crippen LogP contribution in [-0.4, -0.2) is 13.2 Å². The van der Waals surface area contributed by atoms with E-state index >= 15 is 0 Å². The van der Waals surface area contributed by atoms with Crippen LogP contribution in [0.4, 0.5) is 5.69 Å². The highest BCUT2D eigenvalue weighted by atomic mass is 16.5. The topological polar surface area (TPSA) is 21.3 Å². The van der Waals surface area contributed by atoms with Gasteiger partial charge in [-0.25, -0.2) is 0 Å². The lowest BCUT2D eigenvalue weighted by atomic mass is 10.2. The first kappa shape index (κ1) is 10.5. The van der Waals surface area contributed by atoms with Gasteiger partial charge in [-0.2, -0.15) is 0 Å². The molecular formula is C13H19NO. The first-order valence-corrected chi connectivity index (χ1v) is 5.77. The van der Waals surface area contributed by atoms with Crippen molar-refractivity contribution in [2.75, 3.05) is 12.4 Å². The van der Waals surface area contributed by atoms with Crippen molar-refractivity contribution >= 4 is 5.69 Å². The monoisotopic (exact) mass is 205 g/mol. The number of nitrogens with one attached hydrogen (secondary N) is 1. The lowest BCUT2D eigenvalue weighted by molar-refractivity contribution is 0.0457. The molecule has 1 aromatic rings. The molecule has 0 spiro atoms. The fourth-order valence-electron chi connectivity index (χ4n) is 2.09. The summed E-state index contributed by atoms with van der Waals surface area (Å²) in [4.78, 5) is 0. The number of benzene rings is 1. The van der Waals surface area contributed by atoms with Crippen molar-refractivity contribution in [3.63, 3.8) is 0 Å². The molecule has 0 amide bonds. The summed E-state index contributed by atoms with van der Waals surface area (Å²) in [6, 6.07) is 8.41. The molecule has 1 saturated carbocycles. The van der Waals surface area contributed by atoms with Crippen LogP contribution in [0.15, 0.2) is 24.3 Å². The highest BCUT2D eigenvalue weighted by Gasteiger charge is 2.14. The Morgan fingerprint density at radius 2 is 2.13 bits per heavy atom. The summed E-state index contributed by atoms with van der Waals surface area (Å²) in [6.07, 6.45) is 5.66. The average molecular weight is 205 g/mol. The van der Waals surface area contributed by atoms with Crippen LogP contribution in [0.5, 0.6) is 0 Å². The molecule has 82 valence electrons. The third-order valence-electron chi connectivity index (χ3n) is 3.00. The van der Waals surface area contributed by atoms with Crippen molar-refractivity contribution in [2.45, 2.75) is 38.4 Å². The maximum atomic E-state index is 5.86. The Bertz CT molecular complexity index is 305. The van der Waals surface area contributed by atoms with Gasteiger partial charge in [-0.1, -0.05) is 25.0 Å². The van der Waals surface area contributed by atoms with E-state index in [0.717, 1.165) is 12.3 Å². The molecule has 2 rings (SSSR count). The van der Waals surface area contributed by atoms with Crippen LogP contribution >= 0.6 is 0 Å². The molecule has 1 fully saturated rings. The van der Waals surface area contributed by atoms with Crippen molar-refractivity contribution < 1.29 is 4.74 Å². The molecule has 0 aromatic heterocycles. The highest BCUT2D eigenvalue weighted by Crippen LogP contribution is 2.22. The summed E-state index contributed by atoms with van der Waals surface area (Å²) in [7, 11) is 1.94. The minimum Gasteiger partial charge on any atom is -0.388 e. The number of rotatable bonds is 4. The van der Waals surface area contributed by atoms with E-state index in [-0.39, 0.29) is 0 Å². The Hall–Kier alpha value is -1.02. The summed E-state index contributed by atoms with van der Waals surface area (Å²) < 4.78 is 5.86. The zero-order valence-electron chi connectivity index (χ0n) is 9.33. The maximum absolute atomic E-state index is 5.86. The molecular weight excluding hydrogens is 186 g/mol. The Balaban J connectivity index is 1.86. The summed E-state index contributed by atoms with van der Waals surface area (Å²) in [5.74, 6) is 0. The van der Waals surface area contributed by atoms with E-state index in [1.54, 1.807) is 0 Å². The van der Waals surface area contributed by atoms with Crippen molar-refractivity contribution in [3.8, 4) is 0 Å². The first-order valence-electron chi connectivity index (χ1n) is 5.77. The standard InChI is InChI=1S/C13H19NO/c1-14-12-6-4-5-11(9-12)10-15-13-7-2-3-8-13/h4-6,9,13-14H,2-3,7-8,10H2,1H3. The summed E-state index contributed by atoms with van der Waals surface area (Å²) in [5, 5.41) is 3.14. The van der Waals surface area contributed by atoms with Gasteiger partial charge in [-0.05, 0) is 30.5 Å². The fraction of sp³-hybridized carbons (Fsp3) is 0.538. The molecule has 1 aliphatic rings. The SMILES string of the molecule is CNc1cccc(COC2CCCC2)c1. The Morgan fingerprint density at radius 1 is 1.33 bits per heavy atom. The number of hydrogen-bond donors (Lipinski definition) is 1. The van der Waals surface area contributed by atoms with Crippen molar-refractivity contribution in [1.82, 2.24) is 0 Å². The maximum Gasteiger partial charge on any atom is 0.0721 e. The third kappa shape index (κ3) is 2.96. The Morgan fingerprint density at radius 3 is 2.87 bits per heavy atom. The van der Waals surface area contributed by atoms with Gasteiger partial charge in [0, 0.05) is 12.7 Å². The second kappa shape index (κ2) is 5.17. The van der Waals surface area contributed by atoms with E-state index in [1.807, 2.05) is 7.05 Å². The predicted octanol–water partition coefficient (Wildman–Crippen LogP) is 3.19. The van der Waals surface area contributed by atoms with Crippen LogP contribution in [0.2, 0.25) is 0 Å². The van der Waals surface area contributed by atoms with Crippen LogP contribution < -0.4 is 5.32 Å². The van der Waals surface area contributed by atoms with E-state index in [9.17, 15) is 0 Å². The van der Waals surface area contributed by atoms with Crippen LogP contribution in [0, 0.1) is 0 Å². The second-order valence-electron chi connectivity index (χ2n) is 4.17. The van der Waals surface area contributed by atoms with Gasteiger partial charge in [0.15, 0.2) is 0 Å². The van der Waals surface area contributed by atoms with Crippen LogP contribution in [-0.2, 0) is 11.3 Å². The van der Waals surface area contributed by atoms with Gasteiger partial charge in [-0.3, -0.25) is 0 Å². The lowest BCUT2D eigenvalue weighted by Crippen LogP contribution is -2.07. The molecule has 1 aromatic carbocycles. The molecule has 1 N–H and O–H groups in total. The van der Waals surface area contributed by atoms with Gasteiger partial charge in [0.25, 0.3) is 0 Å². The largest absolute Gasteiger partial charge is 0.388 e. The lowest BCUT2D eigenvalue weighted by Gasteiger charge is -2.11. The number of ether oxygens (including phenoxy) is 1. The van der Waals surface area contributed by atoms with Gasteiger partial charge in [0.05, 0.1) is 12.7 Å². The zero-order chi connectivity index (χ0) is 10.5. The third-order valence-corrected chi connectivity index (χ3v) is 3.00. The Kier molecular flexibility index (Phi) is 3.62. The van der Waals surface area contributed by atoms with Gasteiger partial charge < -0.3 is 10.1 Å². The predicted molar refractivity (Wildman–Crippen MR) is 63.0 cm³/mol. The summed E-state index contributed by atoms with van der Waals surface area (Å²) in [6.45, 7) is 0.750. The first-order chi connectivity index (χ1) is 7.38. The Labute approximate surface area is 91.6 Å². The number of anilines is 1. The molecule has 0 heterocycles. The second-order valence-corrected chi connectivity index (χ2v) is 4.17. The molecule has 0 saturated heterocycles. The summed E-state index contributed by atoms with van der Waals surface area (Å²) in [5.41, 5.74) is 2.41. The highest BCUT2D eigenvalue weighted by molar-refractivity contribution is 5.44. The van der Waals surface area contributed by atoms with E-state index in [1.165, 1.54) is 31.2 Å². The summed E-state index contributed by atoms with van der Waals surface area (Å²) >= 11 is 0. The minimum absolute atomic E-state index is 0.503.